The zero-order valence-corrected chi connectivity index (χ0v) is 14.9. The van der Waals surface area contributed by atoms with Gasteiger partial charge in [0.1, 0.15) is 11.5 Å². The summed E-state index contributed by atoms with van der Waals surface area (Å²) in [5.74, 6) is -0.315. The average molecular weight is 386 g/mol. The quantitative estimate of drug-likeness (QED) is 0.679. The number of rotatable bonds is 5. The fourth-order valence-electron chi connectivity index (χ4n) is 2.56. The Morgan fingerprint density at radius 2 is 1.71 bits per heavy atom. The van der Waals surface area contributed by atoms with Crippen molar-refractivity contribution in [2.24, 2.45) is 0 Å². The van der Waals surface area contributed by atoms with Crippen LogP contribution in [0.25, 0.3) is 0 Å². The average Bonchev–Trinajstić information content (AvgIpc) is 2.67. The summed E-state index contributed by atoms with van der Waals surface area (Å²) in [6, 6.07) is 12.7. The number of hydrogen-bond acceptors (Lipinski definition) is 4. The molecule has 1 amide bonds. The maximum atomic E-state index is 13.0. The summed E-state index contributed by atoms with van der Waals surface area (Å²) >= 11 is 0. The van der Waals surface area contributed by atoms with Crippen molar-refractivity contribution in [1.29, 1.82) is 0 Å². The molecule has 0 saturated carbocycles. The largest absolute Gasteiger partial charge is 0.418 e. The van der Waals surface area contributed by atoms with Crippen molar-refractivity contribution >= 4 is 17.4 Å². The highest BCUT2D eigenvalue weighted by molar-refractivity contribution is 5.92. The summed E-state index contributed by atoms with van der Waals surface area (Å²) < 4.78 is 39.1. The number of amides is 1. The van der Waals surface area contributed by atoms with Crippen molar-refractivity contribution in [2.45, 2.75) is 19.6 Å². The molecule has 144 valence electrons. The van der Waals surface area contributed by atoms with Crippen molar-refractivity contribution in [3.8, 4) is 0 Å². The smallest absolute Gasteiger partial charge is 0.347 e. The summed E-state index contributed by atoms with van der Waals surface area (Å²) in [6.45, 7) is 2.28. The Morgan fingerprint density at radius 1 is 1.00 bits per heavy atom. The van der Waals surface area contributed by atoms with Gasteiger partial charge in [0.05, 0.1) is 23.6 Å². The van der Waals surface area contributed by atoms with Crippen LogP contribution in [0.5, 0.6) is 0 Å². The van der Waals surface area contributed by atoms with Crippen LogP contribution in [0.2, 0.25) is 0 Å². The standard InChI is InChI=1S/C20H17F3N4O/c1-13-6-2-3-7-14(13)10-26-19(28)17-11-25-18(12-24-17)27-16-9-5-4-8-15(16)20(21,22)23/h2-9,11-12H,10H2,1H3,(H,25,27)(H,26,28). The van der Waals surface area contributed by atoms with Crippen LogP contribution in [0.4, 0.5) is 24.7 Å². The summed E-state index contributed by atoms with van der Waals surface area (Å²) in [6.07, 6.45) is -2.06. The second kappa shape index (κ2) is 8.08. The monoisotopic (exact) mass is 386 g/mol. The molecule has 3 rings (SSSR count). The maximum absolute atomic E-state index is 13.0. The molecule has 0 spiro atoms. The predicted octanol–water partition coefficient (Wildman–Crippen LogP) is 4.48. The first kappa shape index (κ1) is 19.3. The summed E-state index contributed by atoms with van der Waals surface area (Å²) in [5.41, 5.74) is 1.16. The number of halogens is 3. The Bertz CT molecular complexity index is 972. The Hall–Kier alpha value is -3.42. The predicted molar refractivity (Wildman–Crippen MR) is 99.1 cm³/mol. The van der Waals surface area contributed by atoms with E-state index in [1.807, 2.05) is 31.2 Å². The topological polar surface area (TPSA) is 66.9 Å². The number of aromatic nitrogens is 2. The first-order chi connectivity index (χ1) is 13.3. The number of aryl methyl sites for hydroxylation is 1. The molecule has 5 nitrogen and oxygen atoms in total. The zero-order chi connectivity index (χ0) is 20.1. The van der Waals surface area contributed by atoms with Crippen LogP contribution >= 0.6 is 0 Å². The first-order valence-corrected chi connectivity index (χ1v) is 8.42. The van der Waals surface area contributed by atoms with Gasteiger partial charge >= 0.3 is 6.18 Å². The number of para-hydroxylation sites is 1. The number of anilines is 2. The lowest BCUT2D eigenvalue weighted by Crippen LogP contribution is -2.24. The fourth-order valence-corrected chi connectivity index (χ4v) is 2.56. The SMILES string of the molecule is Cc1ccccc1CNC(=O)c1cnc(Nc2ccccc2C(F)(F)F)cn1. The van der Waals surface area contributed by atoms with Crippen molar-refractivity contribution in [3.05, 3.63) is 83.3 Å². The molecule has 0 aliphatic heterocycles. The van der Waals surface area contributed by atoms with Crippen LogP contribution in [0.3, 0.4) is 0 Å². The lowest BCUT2D eigenvalue weighted by Gasteiger charge is -2.13. The van der Waals surface area contributed by atoms with Gasteiger partial charge in [-0.25, -0.2) is 9.97 Å². The van der Waals surface area contributed by atoms with Gasteiger partial charge in [-0.2, -0.15) is 13.2 Å². The van der Waals surface area contributed by atoms with E-state index in [0.717, 1.165) is 17.2 Å². The van der Waals surface area contributed by atoms with E-state index in [1.165, 1.54) is 30.6 Å². The summed E-state index contributed by atoms with van der Waals surface area (Å²) in [5, 5.41) is 5.33. The van der Waals surface area contributed by atoms with Gasteiger partial charge in [0, 0.05) is 6.54 Å². The molecule has 1 heterocycles. The number of hydrogen-bond donors (Lipinski definition) is 2. The molecule has 0 aliphatic carbocycles. The Balaban J connectivity index is 1.67. The molecular weight excluding hydrogens is 369 g/mol. The van der Waals surface area contributed by atoms with Crippen molar-refractivity contribution in [1.82, 2.24) is 15.3 Å². The van der Waals surface area contributed by atoms with Gasteiger partial charge in [-0.15, -0.1) is 0 Å². The van der Waals surface area contributed by atoms with E-state index in [9.17, 15) is 18.0 Å². The zero-order valence-electron chi connectivity index (χ0n) is 14.9. The number of nitrogens with zero attached hydrogens (tertiary/aromatic N) is 2. The van der Waals surface area contributed by atoms with Gasteiger partial charge in [-0.3, -0.25) is 4.79 Å². The molecule has 0 aliphatic rings. The molecule has 0 atom stereocenters. The number of alkyl halides is 3. The Labute approximate surface area is 159 Å². The molecule has 0 saturated heterocycles. The number of carbonyl (C=O) groups is 1. The van der Waals surface area contributed by atoms with Gasteiger partial charge in [0.25, 0.3) is 5.91 Å². The summed E-state index contributed by atoms with van der Waals surface area (Å²) in [4.78, 5) is 20.2. The molecule has 2 aromatic carbocycles. The van der Waals surface area contributed by atoms with Crippen molar-refractivity contribution in [3.63, 3.8) is 0 Å². The Kier molecular flexibility index (Phi) is 5.58. The third kappa shape index (κ3) is 4.64. The van der Waals surface area contributed by atoms with Gasteiger partial charge in [-0.05, 0) is 30.2 Å². The molecule has 0 bridgehead atoms. The minimum absolute atomic E-state index is 0.0724. The van der Waals surface area contributed by atoms with Crippen LogP contribution in [0, 0.1) is 6.92 Å². The molecule has 0 unspecified atom stereocenters. The minimum Gasteiger partial charge on any atom is -0.347 e. The van der Waals surface area contributed by atoms with Crippen LogP contribution < -0.4 is 10.6 Å². The van der Waals surface area contributed by atoms with Gasteiger partial charge in [-0.1, -0.05) is 36.4 Å². The second-order valence-electron chi connectivity index (χ2n) is 6.06. The number of nitrogens with one attached hydrogen (secondary N) is 2. The molecule has 0 radical (unpaired) electrons. The van der Waals surface area contributed by atoms with E-state index >= 15 is 0 Å². The third-order valence-electron chi connectivity index (χ3n) is 4.08. The van der Waals surface area contributed by atoms with E-state index in [-0.39, 0.29) is 17.2 Å². The highest BCUT2D eigenvalue weighted by Gasteiger charge is 2.33. The van der Waals surface area contributed by atoms with E-state index in [1.54, 1.807) is 0 Å². The fraction of sp³-hybridized carbons (Fsp3) is 0.150. The molecule has 1 aromatic heterocycles. The van der Waals surface area contributed by atoms with Crippen LogP contribution in [-0.4, -0.2) is 15.9 Å². The van der Waals surface area contributed by atoms with Gasteiger partial charge < -0.3 is 10.6 Å². The van der Waals surface area contributed by atoms with Crippen molar-refractivity contribution in [2.75, 3.05) is 5.32 Å². The van der Waals surface area contributed by atoms with Crippen LogP contribution in [-0.2, 0) is 12.7 Å². The number of benzene rings is 2. The van der Waals surface area contributed by atoms with Crippen molar-refractivity contribution < 1.29 is 18.0 Å². The first-order valence-electron chi connectivity index (χ1n) is 8.42. The Morgan fingerprint density at radius 3 is 2.39 bits per heavy atom. The van der Waals surface area contributed by atoms with Crippen LogP contribution in [0.15, 0.2) is 60.9 Å². The lowest BCUT2D eigenvalue weighted by atomic mass is 10.1. The summed E-state index contributed by atoms with van der Waals surface area (Å²) in [7, 11) is 0. The van der Waals surface area contributed by atoms with Gasteiger partial charge in [0.2, 0.25) is 0 Å². The third-order valence-corrected chi connectivity index (χ3v) is 4.08. The highest BCUT2D eigenvalue weighted by Crippen LogP contribution is 2.35. The highest BCUT2D eigenvalue weighted by atomic mass is 19.4. The van der Waals surface area contributed by atoms with E-state index < -0.39 is 17.6 Å². The maximum Gasteiger partial charge on any atom is 0.418 e. The molecule has 3 aromatic rings. The van der Waals surface area contributed by atoms with E-state index in [2.05, 4.69) is 20.6 Å². The normalized spacial score (nSPS) is 11.1. The minimum atomic E-state index is -4.49. The number of carbonyl (C=O) groups excluding carboxylic acids is 1. The van der Waals surface area contributed by atoms with E-state index in [4.69, 9.17) is 0 Å². The molecule has 8 heteroatoms. The second-order valence-corrected chi connectivity index (χ2v) is 6.06. The molecular formula is C20H17F3N4O. The van der Waals surface area contributed by atoms with Gasteiger partial charge in [0.15, 0.2) is 0 Å². The lowest BCUT2D eigenvalue weighted by molar-refractivity contribution is -0.136. The van der Waals surface area contributed by atoms with Crippen LogP contribution in [0.1, 0.15) is 27.2 Å². The van der Waals surface area contributed by atoms with E-state index in [0.29, 0.717) is 6.54 Å². The molecule has 2 N–H and O–H groups in total. The molecule has 0 fully saturated rings. The molecule has 28 heavy (non-hydrogen) atoms.